The third-order valence-electron chi connectivity index (χ3n) is 2.57. The third-order valence-corrected chi connectivity index (χ3v) is 2.57. The average Bonchev–Trinajstić information content (AvgIpc) is 2.86. The van der Waals surface area contributed by atoms with Crippen LogP contribution in [0.2, 0.25) is 0 Å². The molecule has 0 aliphatic carbocycles. The molecule has 0 radical (unpaired) electrons. The van der Waals surface area contributed by atoms with E-state index >= 15 is 0 Å². The maximum absolute atomic E-state index is 4.43. The summed E-state index contributed by atoms with van der Waals surface area (Å²) in [7, 11) is 0. The van der Waals surface area contributed by atoms with Crippen LogP contribution < -0.4 is 5.32 Å². The molecule has 1 atom stereocenters. The molecule has 2 N–H and O–H groups in total. The van der Waals surface area contributed by atoms with E-state index in [9.17, 15) is 0 Å². The first-order valence-electron chi connectivity index (χ1n) is 4.82. The van der Waals surface area contributed by atoms with Crippen LogP contribution in [0.4, 0.5) is 0 Å². The molecular formula is C9H11N5. The van der Waals surface area contributed by atoms with Crippen LogP contribution in [0.15, 0.2) is 12.5 Å². The zero-order chi connectivity index (χ0) is 9.38. The molecule has 14 heavy (non-hydrogen) atoms. The minimum absolute atomic E-state index is 0.365. The van der Waals surface area contributed by atoms with Crippen molar-refractivity contribution in [2.45, 2.75) is 18.9 Å². The van der Waals surface area contributed by atoms with Crippen LogP contribution in [0, 0.1) is 0 Å². The van der Waals surface area contributed by atoms with E-state index in [1.807, 2.05) is 0 Å². The first-order valence-corrected chi connectivity index (χ1v) is 4.82. The summed E-state index contributed by atoms with van der Waals surface area (Å²) in [6, 6.07) is 0.365. The third kappa shape index (κ3) is 1.17. The number of aromatic nitrogens is 4. The Morgan fingerprint density at radius 3 is 3.21 bits per heavy atom. The van der Waals surface area contributed by atoms with Gasteiger partial charge in [0.2, 0.25) is 0 Å². The molecular weight excluding hydrogens is 178 g/mol. The second-order valence-corrected chi connectivity index (χ2v) is 3.53. The van der Waals surface area contributed by atoms with E-state index in [4.69, 9.17) is 0 Å². The highest BCUT2D eigenvalue weighted by molar-refractivity contribution is 5.68. The van der Waals surface area contributed by atoms with Crippen molar-refractivity contribution in [1.29, 1.82) is 0 Å². The summed E-state index contributed by atoms with van der Waals surface area (Å²) in [6.07, 6.45) is 5.64. The molecule has 0 unspecified atom stereocenters. The Morgan fingerprint density at radius 1 is 1.43 bits per heavy atom. The van der Waals surface area contributed by atoms with E-state index < -0.39 is 0 Å². The van der Waals surface area contributed by atoms with Gasteiger partial charge in [-0.1, -0.05) is 0 Å². The lowest BCUT2D eigenvalue weighted by atomic mass is 10.2. The van der Waals surface area contributed by atoms with Crippen molar-refractivity contribution < 1.29 is 0 Å². The summed E-state index contributed by atoms with van der Waals surface area (Å²) in [4.78, 5) is 15.7. The molecule has 5 heteroatoms. The highest BCUT2D eigenvalue weighted by Crippen LogP contribution is 2.21. The van der Waals surface area contributed by atoms with Crippen LogP contribution in [0.1, 0.15) is 24.7 Å². The Morgan fingerprint density at radius 2 is 2.43 bits per heavy atom. The van der Waals surface area contributed by atoms with Gasteiger partial charge in [-0.25, -0.2) is 15.0 Å². The average molecular weight is 189 g/mol. The smallest absolute Gasteiger partial charge is 0.180 e. The lowest BCUT2D eigenvalue weighted by Crippen LogP contribution is -2.14. The predicted octanol–water partition coefficient (Wildman–Crippen LogP) is 0.777. The van der Waals surface area contributed by atoms with Gasteiger partial charge in [0.05, 0.1) is 12.2 Å². The molecule has 0 bridgehead atoms. The minimum atomic E-state index is 0.365. The van der Waals surface area contributed by atoms with Crippen LogP contribution in [0.25, 0.3) is 11.2 Å². The molecule has 1 saturated heterocycles. The molecule has 2 aromatic rings. The van der Waals surface area contributed by atoms with Crippen LogP contribution in [-0.4, -0.2) is 26.5 Å². The topological polar surface area (TPSA) is 66.5 Å². The van der Waals surface area contributed by atoms with Gasteiger partial charge >= 0.3 is 0 Å². The Labute approximate surface area is 81.0 Å². The van der Waals surface area contributed by atoms with E-state index in [1.165, 1.54) is 12.7 Å². The monoisotopic (exact) mass is 189 g/mol. The Bertz CT molecular complexity index is 410. The first kappa shape index (κ1) is 7.87. The Balaban J connectivity index is 2.05. The standard InChI is InChI=1S/C9H11N5/c1-2-6(11-3-1)9-13-7-4-10-5-12-8(7)14-9/h4-6,11H,1-3H2,(H,10,12,13,14)/t6-/m0/s1. The van der Waals surface area contributed by atoms with Gasteiger partial charge in [0.15, 0.2) is 5.65 Å². The molecule has 2 aromatic heterocycles. The normalized spacial score (nSPS) is 21.9. The van der Waals surface area contributed by atoms with E-state index in [0.717, 1.165) is 30.0 Å². The maximum atomic E-state index is 4.43. The van der Waals surface area contributed by atoms with Crippen molar-refractivity contribution in [3.63, 3.8) is 0 Å². The summed E-state index contributed by atoms with van der Waals surface area (Å²) in [6.45, 7) is 1.08. The molecule has 0 aromatic carbocycles. The van der Waals surface area contributed by atoms with E-state index in [-0.39, 0.29) is 0 Å². The number of rotatable bonds is 1. The van der Waals surface area contributed by atoms with Crippen LogP contribution in [0.5, 0.6) is 0 Å². The van der Waals surface area contributed by atoms with Crippen molar-refractivity contribution >= 4 is 11.2 Å². The van der Waals surface area contributed by atoms with E-state index in [1.54, 1.807) is 6.20 Å². The number of nitrogens with zero attached hydrogens (tertiary/aromatic N) is 3. The second kappa shape index (κ2) is 3.02. The SMILES string of the molecule is c1ncc2[nH]c([C@@H]3CCCN3)nc2n1. The lowest BCUT2D eigenvalue weighted by Gasteiger charge is -2.04. The fraction of sp³-hybridized carbons (Fsp3) is 0.444. The fourth-order valence-electron chi connectivity index (χ4n) is 1.86. The Kier molecular flexibility index (Phi) is 1.70. The maximum Gasteiger partial charge on any atom is 0.180 e. The molecule has 1 aliphatic rings. The molecule has 72 valence electrons. The number of imidazole rings is 1. The number of hydrogen-bond acceptors (Lipinski definition) is 4. The molecule has 3 heterocycles. The van der Waals surface area contributed by atoms with E-state index in [2.05, 4.69) is 25.3 Å². The molecule has 0 saturated carbocycles. The fourth-order valence-corrected chi connectivity index (χ4v) is 1.86. The highest BCUT2D eigenvalue weighted by Gasteiger charge is 2.19. The highest BCUT2D eigenvalue weighted by atomic mass is 15.1. The molecule has 0 amide bonds. The number of fused-ring (bicyclic) bond motifs is 1. The van der Waals surface area contributed by atoms with Gasteiger partial charge in [-0.05, 0) is 19.4 Å². The summed E-state index contributed by atoms with van der Waals surface area (Å²) in [5, 5.41) is 3.39. The van der Waals surface area contributed by atoms with Gasteiger partial charge in [0, 0.05) is 0 Å². The number of nitrogens with one attached hydrogen (secondary N) is 2. The van der Waals surface area contributed by atoms with Crippen LogP contribution >= 0.6 is 0 Å². The summed E-state index contributed by atoms with van der Waals surface area (Å²) in [5.41, 5.74) is 1.67. The van der Waals surface area contributed by atoms with Crippen molar-refractivity contribution in [2.75, 3.05) is 6.54 Å². The molecule has 1 fully saturated rings. The van der Waals surface area contributed by atoms with Crippen LogP contribution in [-0.2, 0) is 0 Å². The van der Waals surface area contributed by atoms with Gasteiger partial charge in [0.25, 0.3) is 0 Å². The molecule has 1 aliphatic heterocycles. The Hall–Kier alpha value is -1.49. The van der Waals surface area contributed by atoms with Crippen molar-refractivity contribution in [3.8, 4) is 0 Å². The molecule has 0 spiro atoms. The quantitative estimate of drug-likeness (QED) is 0.695. The van der Waals surface area contributed by atoms with Crippen molar-refractivity contribution in [3.05, 3.63) is 18.3 Å². The summed E-state index contributed by atoms with van der Waals surface area (Å²) in [5.74, 6) is 0.984. The first-order chi connectivity index (χ1) is 6.93. The summed E-state index contributed by atoms with van der Waals surface area (Å²) < 4.78 is 0. The molecule has 3 rings (SSSR count). The number of aromatic amines is 1. The van der Waals surface area contributed by atoms with Gasteiger partial charge in [-0.15, -0.1) is 0 Å². The predicted molar refractivity (Wildman–Crippen MR) is 51.7 cm³/mol. The number of hydrogen-bond donors (Lipinski definition) is 2. The van der Waals surface area contributed by atoms with Crippen molar-refractivity contribution in [2.24, 2.45) is 0 Å². The lowest BCUT2D eigenvalue weighted by molar-refractivity contribution is 0.614. The largest absolute Gasteiger partial charge is 0.338 e. The molecule has 5 nitrogen and oxygen atoms in total. The van der Waals surface area contributed by atoms with Crippen molar-refractivity contribution in [1.82, 2.24) is 25.3 Å². The zero-order valence-electron chi connectivity index (χ0n) is 7.70. The van der Waals surface area contributed by atoms with Gasteiger partial charge in [-0.3, -0.25) is 0 Å². The number of H-pyrrole nitrogens is 1. The summed E-state index contributed by atoms with van der Waals surface area (Å²) >= 11 is 0. The van der Waals surface area contributed by atoms with Gasteiger partial charge in [-0.2, -0.15) is 0 Å². The zero-order valence-corrected chi connectivity index (χ0v) is 7.70. The van der Waals surface area contributed by atoms with Crippen LogP contribution in [0.3, 0.4) is 0 Å². The van der Waals surface area contributed by atoms with Gasteiger partial charge < -0.3 is 10.3 Å². The second-order valence-electron chi connectivity index (χ2n) is 3.53. The van der Waals surface area contributed by atoms with E-state index in [0.29, 0.717) is 6.04 Å². The van der Waals surface area contributed by atoms with Gasteiger partial charge in [0.1, 0.15) is 17.7 Å². The minimum Gasteiger partial charge on any atom is -0.338 e.